The van der Waals surface area contributed by atoms with Gasteiger partial charge in [-0.3, -0.25) is 9.59 Å². The number of carbonyl (C=O) groups is 2. The number of ketones is 1. The molecule has 100 valence electrons. The second-order valence-electron chi connectivity index (χ2n) is 4.10. The zero-order chi connectivity index (χ0) is 14.5. The van der Waals surface area contributed by atoms with E-state index in [4.69, 9.17) is 11.6 Å². The highest BCUT2D eigenvalue weighted by molar-refractivity contribution is 9.10. The summed E-state index contributed by atoms with van der Waals surface area (Å²) in [6, 6.07) is 12.0. The predicted octanol–water partition coefficient (Wildman–Crippen LogP) is 4.81. The lowest BCUT2D eigenvalue weighted by Crippen LogP contribution is -1.94. The molecule has 0 radical (unpaired) electrons. The van der Waals surface area contributed by atoms with Gasteiger partial charge in [-0.15, -0.1) is 0 Å². The molecular formula is C16H10BrClO2. The zero-order valence-electron chi connectivity index (χ0n) is 10.3. The quantitative estimate of drug-likeness (QED) is 0.451. The van der Waals surface area contributed by atoms with Crippen LogP contribution in [0.25, 0.3) is 6.08 Å². The van der Waals surface area contributed by atoms with Gasteiger partial charge in [-0.25, -0.2) is 0 Å². The van der Waals surface area contributed by atoms with Crippen LogP contribution in [0, 0.1) is 0 Å². The monoisotopic (exact) mass is 348 g/mol. The molecule has 2 nitrogen and oxygen atoms in total. The van der Waals surface area contributed by atoms with E-state index in [2.05, 4.69) is 15.9 Å². The Kier molecular flexibility index (Phi) is 4.88. The standard InChI is InChI=1S/C16H10BrClO2/c17-14-5-1-12(2-6-14)16(20)8-4-11-3-7-15(18)9-13(11)10-19/h1-10H/b8-4+. The van der Waals surface area contributed by atoms with E-state index in [1.54, 1.807) is 48.5 Å². The number of allylic oxidation sites excluding steroid dienone is 1. The van der Waals surface area contributed by atoms with E-state index in [1.807, 2.05) is 0 Å². The van der Waals surface area contributed by atoms with E-state index < -0.39 is 0 Å². The summed E-state index contributed by atoms with van der Waals surface area (Å²) in [4.78, 5) is 22.9. The summed E-state index contributed by atoms with van der Waals surface area (Å²) in [6.07, 6.45) is 3.78. The molecule has 2 aromatic rings. The second-order valence-corrected chi connectivity index (χ2v) is 5.45. The lowest BCUT2D eigenvalue weighted by Gasteiger charge is -2.00. The molecular weight excluding hydrogens is 340 g/mol. The van der Waals surface area contributed by atoms with Gasteiger partial charge < -0.3 is 0 Å². The molecule has 4 heteroatoms. The highest BCUT2D eigenvalue weighted by Gasteiger charge is 2.03. The first kappa shape index (κ1) is 14.7. The fourth-order valence-corrected chi connectivity index (χ4v) is 2.12. The molecule has 0 heterocycles. The van der Waals surface area contributed by atoms with Crippen LogP contribution in [-0.2, 0) is 0 Å². The normalized spacial score (nSPS) is 10.7. The molecule has 0 aliphatic carbocycles. The van der Waals surface area contributed by atoms with Gasteiger partial charge in [0.1, 0.15) is 0 Å². The Labute approximate surface area is 130 Å². The van der Waals surface area contributed by atoms with Gasteiger partial charge in [-0.1, -0.05) is 39.7 Å². The van der Waals surface area contributed by atoms with Crippen molar-refractivity contribution in [1.82, 2.24) is 0 Å². The van der Waals surface area contributed by atoms with Crippen molar-refractivity contribution in [2.75, 3.05) is 0 Å². The Morgan fingerprint density at radius 1 is 1.05 bits per heavy atom. The van der Waals surface area contributed by atoms with Crippen LogP contribution in [0.5, 0.6) is 0 Å². The molecule has 0 atom stereocenters. The van der Waals surface area contributed by atoms with Crippen molar-refractivity contribution in [3.05, 3.63) is 74.7 Å². The molecule has 2 aromatic carbocycles. The number of rotatable bonds is 4. The Morgan fingerprint density at radius 2 is 1.75 bits per heavy atom. The first-order valence-corrected chi connectivity index (χ1v) is 7.00. The smallest absolute Gasteiger partial charge is 0.185 e. The summed E-state index contributed by atoms with van der Waals surface area (Å²) >= 11 is 9.13. The summed E-state index contributed by atoms with van der Waals surface area (Å²) in [5.41, 5.74) is 1.71. The summed E-state index contributed by atoms with van der Waals surface area (Å²) in [5, 5.41) is 0.489. The van der Waals surface area contributed by atoms with Gasteiger partial charge in [0.05, 0.1) is 0 Å². The predicted molar refractivity (Wildman–Crippen MR) is 84.3 cm³/mol. The topological polar surface area (TPSA) is 34.1 Å². The van der Waals surface area contributed by atoms with Gasteiger partial charge in [-0.2, -0.15) is 0 Å². The minimum Gasteiger partial charge on any atom is -0.298 e. The first-order valence-electron chi connectivity index (χ1n) is 5.83. The molecule has 0 fully saturated rings. The molecule has 0 saturated heterocycles. The van der Waals surface area contributed by atoms with Crippen molar-refractivity contribution < 1.29 is 9.59 Å². The number of carbonyl (C=O) groups excluding carboxylic acids is 2. The molecule has 0 saturated carbocycles. The maximum Gasteiger partial charge on any atom is 0.185 e. The van der Waals surface area contributed by atoms with Crippen molar-refractivity contribution >= 4 is 45.7 Å². The number of halogens is 2. The molecule has 20 heavy (non-hydrogen) atoms. The molecule has 0 amide bonds. The highest BCUT2D eigenvalue weighted by atomic mass is 79.9. The fraction of sp³-hybridized carbons (Fsp3) is 0. The third-order valence-electron chi connectivity index (χ3n) is 2.72. The van der Waals surface area contributed by atoms with E-state index in [0.29, 0.717) is 21.7 Å². The van der Waals surface area contributed by atoms with Crippen LogP contribution in [0.4, 0.5) is 0 Å². The molecule has 0 unspecified atom stereocenters. The SMILES string of the molecule is O=Cc1cc(Cl)ccc1/C=C/C(=O)c1ccc(Br)cc1. The van der Waals surface area contributed by atoms with Crippen molar-refractivity contribution in [1.29, 1.82) is 0 Å². The van der Waals surface area contributed by atoms with E-state index >= 15 is 0 Å². The number of hydrogen-bond acceptors (Lipinski definition) is 2. The van der Waals surface area contributed by atoms with Crippen LogP contribution in [0.15, 0.2) is 53.0 Å². The molecule has 0 aliphatic heterocycles. The molecule has 2 rings (SSSR count). The van der Waals surface area contributed by atoms with Crippen molar-refractivity contribution in [3.8, 4) is 0 Å². The average molecular weight is 350 g/mol. The zero-order valence-corrected chi connectivity index (χ0v) is 12.7. The summed E-state index contributed by atoms with van der Waals surface area (Å²) < 4.78 is 0.916. The van der Waals surface area contributed by atoms with Crippen LogP contribution in [0.1, 0.15) is 26.3 Å². The van der Waals surface area contributed by atoms with Gasteiger partial charge in [-0.05, 0) is 48.0 Å². The Bertz CT molecular complexity index is 675. The maximum atomic E-state index is 12.0. The van der Waals surface area contributed by atoms with Crippen molar-refractivity contribution in [2.45, 2.75) is 0 Å². The third-order valence-corrected chi connectivity index (χ3v) is 3.48. The lowest BCUT2D eigenvalue weighted by molar-refractivity contribution is 0.104. The van der Waals surface area contributed by atoms with Gasteiger partial charge >= 0.3 is 0 Å². The van der Waals surface area contributed by atoms with Crippen molar-refractivity contribution in [2.24, 2.45) is 0 Å². The molecule has 0 bridgehead atoms. The second kappa shape index (κ2) is 6.64. The van der Waals surface area contributed by atoms with Crippen LogP contribution in [-0.4, -0.2) is 12.1 Å². The largest absolute Gasteiger partial charge is 0.298 e. The van der Waals surface area contributed by atoms with E-state index in [0.717, 1.165) is 10.8 Å². The Morgan fingerprint density at radius 3 is 2.40 bits per heavy atom. The molecule has 0 aromatic heterocycles. The van der Waals surface area contributed by atoms with Crippen molar-refractivity contribution in [3.63, 3.8) is 0 Å². The minimum absolute atomic E-state index is 0.121. The molecule has 0 N–H and O–H groups in total. The fourth-order valence-electron chi connectivity index (χ4n) is 1.68. The van der Waals surface area contributed by atoms with Crippen LogP contribution < -0.4 is 0 Å². The van der Waals surface area contributed by atoms with Crippen LogP contribution in [0.3, 0.4) is 0 Å². The summed E-state index contributed by atoms with van der Waals surface area (Å²) in [7, 11) is 0. The summed E-state index contributed by atoms with van der Waals surface area (Å²) in [5.74, 6) is -0.121. The highest BCUT2D eigenvalue weighted by Crippen LogP contribution is 2.17. The number of hydrogen-bond donors (Lipinski definition) is 0. The Balaban J connectivity index is 2.23. The van der Waals surface area contributed by atoms with Gasteiger partial charge in [0.15, 0.2) is 12.1 Å². The van der Waals surface area contributed by atoms with E-state index in [9.17, 15) is 9.59 Å². The first-order chi connectivity index (χ1) is 9.60. The van der Waals surface area contributed by atoms with Gasteiger partial charge in [0, 0.05) is 20.6 Å². The van der Waals surface area contributed by atoms with Gasteiger partial charge in [0.2, 0.25) is 0 Å². The lowest BCUT2D eigenvalue weighted by atomic mass is 10.1. The Hall–Kier alpha value is -1.71. The van der Waals surface area contributed by atoms with Crippen LogP contribution in [0.2, 0.25) is 5.02 Å². The third kappa shape index (κ3) is 3.65. The minimum atomic E-state index is -0.121. The van der Waals surface area contributed by atoms with Gasteiger partial charge in [0.25, 0.3) is 0 Å². The number of benzene rings is 2. The molecule has 0 aliphatic rings. The van der Waals surface area contributed by atoms with E-state index in [1.165, 1.54) is 6.08 Å². The average Bonchev–Trinajstić information content (AvgIpc) is 2.46. The molecule has 0 spiro atoms. The maximum absolute atomic E-state index is 12.0. The van der Waals surface area contributed by atoms with E-state index in [-0.39, 0.29) is 5.78 Å². The summed E-state index contributed by atoms with van der Waals surface area (Å²) in [6.45, 7) is 0. The number of aldehydes is 1. The van der Waals surface area contributed by atoms with Crippen LogP contribution >= 0.6 is 27.5 Å².